The fourth-order valence-electron chi connectivity index (χ4n) is 2.74. The van der Waals surface area contributed by atoms with E-state index >= 15 is 0 Å². The molecule has 6 heteroatoms. The predicted octanol–water partition coefficient (Wildman–Crippen LogP) is 3.11. The van der Waals surface area contributed by atoms with Crippen molar-refractivity contribution in [3.63, 3.8) is 0 Å². The average Bonchev–Trinajstić information content (AvgIpc) is 2.68. The Hall–Kier alpha value is -3.15. The molecular weight excluding hydrogens is 328 g/mol. The number of hydrogen-bond acceptors (Lipinski definition) is 4. The normalized spacial score (nSPS) is 14.8. The number of nitrogens with zero attached hydrogens (tertiary/aromatic N) is 2. The molecule has 1 heterocycles. The summed E-state index contributed by atoms with van der Waals surface area (Å²) in [7, 11) is 0. The van der Waals surface area contributed by atoms with Gasteiger partial charge in [-0.25, -0.2) is 0 Å². The van der Waals surface area contributed by atoms with Gasteiger partial charge in [-0.2, -0.15) is 5.10 Å². The maximum absolute atomic E-state index is 12.7. The van der Waals surface area contributed by atoms with Gasteiger partial charge in [-0.1, -0.05) is 36.4 Å². The van der Waals surface area contributed by atoms with Crippen molar-refractivity contribution in [2.75, 3.05) is 23.8 Å². The summed E-state index contributed by atoms with van der Waals surface area (Å²) in [4.78, 5) is 26.5. The first-order valence-electron chi connectivity index (χ1n) is 8.74. The highest BCUT2D eigenvalue weighted by atomic mass is 16.2. The number of hydrazone groups is 1. The van der Waals surface area contributed by atoms with Crippen molar-refractivity contribution < 1.29 is 9.59 Å². The van der Waals surface area contributed by atoms with E-state index in [2.05, 4.69) is 15.8 Å². The Morgan fingerprint density at radius 2 is 1.62 bits per heavy atom. The molecule has 0 spiro atoms. The molecule has 1 aliphatic heterocycles. The van der Waals surface area contributed by atoms with Gasteiger partial charge in [0.15, 0.2) is 0 Å². The third-order valence-electron chi connectivity index (χ3n) is 4.15. The number of nitrogens with one attached hydrogen (secondary N) is 2. The number of carbonyl (C=O) groups is 2. The molecule has 0 aliphatic carbocycles. The second-order valence-electron chi connectivity index (χ2n) is 6.13. The molecule has 3 rings (SSSR count). The molecule has 2 amide bonds. The first-order chi connectivity index (χ1) is 12.7. The van der Waals surface area contributed by atoms with Crippen LogP contribution in [0.2, 0.25) is 0 Å². The minimum absolute atomic E-state index is 0.0659. The monoisotopic (exact) mass is 350 g/mol. The van der Waals surface area contributed by atoms with Crippen molar-refractivity contribution in [3.05, 3.63) is 60.7 Å². The Kier molecular flexibility index (Phi) is 5.98. The number of rotatable bonds is 6. The summed E-state index contributed by atoms with van der Waals surface area (Å²) in [6, 6.07) is 18.6. The molecule has 0 unspecified atom stereocenters. The SMILES string of the molecule is O=C(Nc1ccccc1)/C(CN1CCCCC1=O)=N/Nc1ccccc1. The summed E-state index contributed by atoms with van der Waals surface area (Å²) in [5, 5.41) is 7.11. The lowest BCUT2D eigenvalue weighted by atomic mass is 10.1. The van der Waals surface area contributed by atoms with Gasteiger partial charge in [-0.3, -0.25) is 15.0 Å². The van der Waals surface area contributed by atoms with Gasteiger partial charge in [0.1, 0.15) is 5.71 Å². The van der Waals surface area contributed by atoms with Crippen LogP contribution in [0, 0.1) is 0 Å². The Labute approximate surface area is 152 Å². The molecule has 1 aliphatic rings. The molecule has 6 nitrogen and oxygen atoms in total. The van der Waals surface area contributed by atoms with E-state index in [-0.39, 0.29) is 24.1 Å². The van der Waals surface area contributed by atoms with Crippen molar-refractivity contribution >= 4 is 28.9 Å². The van der Waals surface area contributed by atoms with Crippen LogP contribution in [0.4, 0.5) is 11.4 Å². The Morgan fingerprint density at radius 3 is 2.27 bits per heavy atom. The van der Waals surface area contributed by atoms with Crippen LogP contribution in [0.3, 0.4) is 0 Å². The molecule has 26 heavy (non-hydrogen) atoms. The summed E-state index contributed by atoms with van der Waals surface area (Å²) in [6.45, 7) is 0.846. The third-order valence-corrected chi connectivity index (χ3v) is 4.15. The van der Waals surface area contributed by atoms with E-state index in [9.17, 15) is 9.59 Å². The summed E-state index contributed by atoms with van der Waals surface area (Å²) >= 11 is 0. The number of benzene rings is 2. The standard InChI is InChI=1S/C20H22N4O2/c25-19-13-7-8-14-24(19)15-18(23-22-17-11-5-2-6-12-17)20(26)21-16-9-3-1-4-10-16/h1-6,9-12,22H,7-8,13-15H2,(H,21,26)/b23-18+. The zero-order valence-corrected chi connectivity index (χ0v) is 14.5. The molecular formula is C20H22N4O2. The van der Waals surface area contributed by atoms with Crippen molar-refractivity contribution in [3.8, 4) is 0 Å². The van der Waals surface area contributed by atoms with Gasteiger partial charge in [0.25, 0.3) is 5.91 Å². The van der Waals surface area contributed by atoms with Crippen molar-refractivity contribution in [2.45, 2.75) is 19.3 Å². The van der Waals surface area contributed by atoms with Gasteiger partial charge >= 0.3 is 0 Å². The Bertz CT molecular complexity index is 775. The van der Waals surface area contributed by atoms with E-state index in [1.807, 2.05) is 60.7 Å². The van der Waals surface area contributed by atoms with Crippen LogP contribution in [-0.2, 0) is 9.59 Å². The summed E-state index contributed by atoms with van der Waals surface area (Å²) < 4.78 is 0. The van der Waals surface area contributed by atoms with Crippen LogP contribution in [0.25, 0.3) is 0 Å². The van der Waals surface area contributed by atoms with Crippen LogP contribution < -0.4 is 10.7 Å². The molecule has 0 atom stereocenters. The Morgan fingerprint density at radius 1 is 0.962 bits per heavy atom. The second-order valence-corrected chi connectivity index (χ2v) is 6.13. The molecule has 0 radical (unpaired) electrons. The number of hydrogen-bond donors (Lipinski definition) is 2. The van der Waals surface area contributed by atoms with Crippen LogP contribution in [0.1, 0.15) is 19.3 Å². The fraction of sp³-hybridized carbons (Fsp3) is 0.250. The number of carbonyl (C=O) groups excluding carboxylic acids is 2. The number of likely N-dealkylation sites (tertiary alicyclic amines) is 1. The van der Waals surface area contributed by atoms with Gasteiger partial charge in [0, 0.05) is 18.7 Å². The predicted molar refractivity (Wildman–Crippen MR) is 103 cm³/mol. The van der Waals surface area contributed by atoms with E-state index in [1.54, 1.807) is 4.90 Å². The molecule has 0 bridgehead atoms. The molecule has 134 valence electrons. The quantitative estimate of drug-likeness (QED) is 0.621. The molecule has 2 aromatic rings. The second kappa shape index (κ2) is 8.80. The maximum Gasteiger partial charge on any atom is 0.273 e. The van der Waals surface area contributed by atoms with E-state index in [0.29, 0.717) is 18.7 Å². The summed E-state index contributed by atoms with van der Waals surface area (Å²) in [5.74, 6) is -0.255. The van der Waals surface area contributed by atoms with Crippen molar-refractivity contribution in [1.29, 1.82) is 0 Å². The van der Waals surface area contributed by atoms with Crippen molar-refractivity contribution in [1.82, 2.24) is 4.90 Å². The highest BCUT2D eigenvalue weighted by Gasteiger charge is 2.23. The van der Waals surface area contributed by atoms with E-state index in [1.165, 1.54) is 0 Å². The third kappa shape index (κ3) is 4.92. The van der Waals surface area contributed by atoms with Gasteiger partial charge in [-0.05, 0) is 37.1 Å². The lowest BCUT2D eigenvalue weighted by molar-refractivity contribution is -0.132. The maximum atomic E-state index is 12.7. The number of para-hydroxylation sites is 2. The zero-order chi connectivity index (χ0) is 18.2. The Balaban J connectivity index is 1.75. The van der Waals surface area contributed by atoms with Crippen LogP contribution >= 0.6 is 0 Å². The zero-order valence-electron chi connectivity index (χ0n) is 14.5. The van der Waals surface area contributed by atoms with E-state index < -0.39 is 0 Å². The van der Waals surface area contributed by atoms with Gasteiger partial charge in [0.05, 0.1) is 12.2 Å². The molecule has 2 N–H and O–H groups in total. The van der Waals surface area contributed by atoms with Crippen molar-refractivity contribution in [2.24, 2.45) is 5.10 Å². The van der Waals surface area contributed by atoms with Crippen LogP contribution in [0.15, 0.2) is 65.8 Å². The molecule has 0 saturated carbocycles. The van der Waals surface area contributed by atoms with Crippen LogP contribution in [-0.4, -0.2) is 35.5 Å². The number of amides is 2. The summed E-state index contributed by atoms with van der Waals surface area (Å²) in [6.07, 6.45) is 2.38. The van der Waals surface area contributed by atoms with Gasteiger partial charge in [-0.15, -0.1) is 0 Å². The van der Waals surface area contributed by atoms with Gasteiger partial charge in [0.2, 0.25) is 5.91 Å². The largest absolute Gasteiger partial charge is 0.337 e. The lowest BCUT2D eigenvalue weighted by Gasteiger charge is -2.26. The fourth-order valence-corrected chi connectivity index (χ4v) is 2.74. The minimum atomic E-state index is -0.321. The molecule has 1 fully saturated rings. The van der Waals surface area contributed by atoms with E-state index in [0.717, 1.165) is 18.5 Å². The first-order valence-corrected chi connectivity index (χ1v) is 8.74. The molecule has 2 aromatic carbocycles. The molecule has 1 saturated heterocycles. The van der Waals surface area contributed by atoms with Gasteiger partial charge < -0.3 is 10.2 Å². The number of anilines is 2. The first kappa shape index (κ1) is 17.7. The highest BCUT2D eigenvalue weighted by Crippen LogP contribution is 2.12. The lowest BCUT2D eigenvalue weighted by Crippen LogP contribution is -2.42. The summed E-state index contributed by atoms with van der Waals surface area (Å²) in [5.41, 5.74) is 4.65. The number of piperidine rings is 1. The smallest absolute Gasteiger partial charge is 0.273 e. The van der Waals surface area contributed by atoms with Crippen LogP contribution in [0.5, 0.6) is 0 Å². The topological polar surface area (TPSA) is 73.8 Å². The minimum Gasteiger partial charge on any atom is -0.337 e. The molecule has 0 aromatic heterocycles. The highest BCUT2D eigenvalue weighted by molar-refractivity contribution is 6.44. The van der Waals surface area contributed by atoms with E-state index in [4.69, 9.17) is 0 Å². The average molecular weight is 350 g/mol.